The van der Waals surface area contributed by atoms with E-state index in [9.17, 15) is 9.59 Å². The summed E-state index contributed by atoms with van der Waals surface area (Å²) in [5, 5.41) is 0. The first-order valence-corrected chi connectivity index (χ1v) is 9.84. The Morgan fingerprint density at radius 1 is 1.19 bits per heavy atom. The van der Waals surface area contributed by atoms with Crippen LogP contribution in [-0.2, 0) is 20.7 Å². The van der Waals surface area contributed by atoms with Gasteiger partial charge in [0.2, 0.25) is 0 Å². The fraction of sp³-hybridized carbons (Fsp3) is 0.522. The van der Waals surface area contributed by atoms with Gasteiger partial charge in [0.15, 0.2) is 5.78 Å². The number of Topliss-reactive ketones (excluding diaryl/α,β-unsaturated/α-hetero) is 1. The lowest BCUT2D eigenvalue weighted by atomic mass is 9.67. The van der Waals surface area contributed by atoms with Gasteiger partial charge in [-0.2, -0.15) is 0 Å². The van der Waals surface area contributed by atoms with Crippen molar-refractivity contribution in [2.24, 2.45) is 16.3 Å². The van der Waals surface area contributed by atoms with Crippen LogP contribution < -0.4 is 0 Å². The molecule has 3 rings (SSSR count). The van der Waals surface area contributed by atoms with Gasteiger partial charge in [-0.25, -0.2) is 0 Å². The average molecular weight is 367 g/mol. The number of ether oxygens (including phenoxy) is 1. The summed E-state index contributed by atoms with van der Waals surface area (Å²) in [7, 11) is 0. The summed E-state index contributed by atoms with van der Waals surface area (Å²) in [5.74, 6) is -1.05. The minimum Gasteiger partial charge on any atom is -0.465 e. The number of aliphatic imine (C=N–C) groups is 1. The largest absolute Gasteiger partial charge is 0.465 e. The van der Waals surface area contributed by atoms with Crippen LogP contribution in [0, 0.1) is 11.3 Å². The van der Waals surface area contributed by atoms with E-state index in [1.807, 2.05) is 19.1 Å². The third-order valence-corrected chi connectivity index (χ3v) is 5.59. The van der Waals surface area contributed by atoms with Crippen LogP contribution in [0.2, 0.25) is 0 Å². The lowest BCUT2D eigenvalue weighted by Gasteiger charge is -2.39. The van der Waals surface area contributed by atoms with Crippen molar-refractivity contribution >= 4 is 17.5 Å². The van der Waals surface area contributed by atoms with Gasteiger partial charge in [-0.05, 0) is 43.2 Å². The number of rotatable bonds is 4. The molecule has 0 spiro atoms. The molecule has 1 heterocycles. The number of hydrogen-bond donors (Lipinski definition) is 0. The number of carbonyl (C=O) groups is 2. The Morgan fingerprint density at radius 3 is 2.44 bits per heavy atom. The standard InChI is InChI=1S/C23H29NO3/c1-6-15-8-10-16(11-9-15)20-19(22(26)27-7-2)14(3)24-17-12-23(4,5)13-18(25)21(17)20/h8-11,19-20H,6-7,12-13H2,1-5H3/t19-,20+/m1/s1. The summed E-state index contributed by atoms with van der Waals surface area (Å²) in [5.41, 5.74) is 4.41. The van der Waals surface area contributed by atoms with Crippen molar-refractivity contribution in [3.8, 4) is 0 Å². The number of aryl methyl sites for hydroxylation is 1. The summed E-state index contributed by atoms with van der Waals surface area (Å²) >= 11 is 0. The molecule has 0 N–H and O–H groups in total. The van der Waals surface area contributed by atoms with Crippen LogP contribution in [0.5, 0.6) is 0 Å². The molecule has 0 saturated carbocycles. The smallest absolute Gasteiger partial charge is 0.315 e. The zero-order valence-corrected chi connectivity index (χ0v) is 17.0. The molecule has 4 heteroatoms. The number of benzene rings is 1. The Hall–Kier alpha value is -2.23. The van der Waals surface area contributed by atoms with Gasteiger partial charge in [0, 0.05) is 29.3 Å². The molecule has 1 aromatic rings. The lowest BCUT2D eigenvalue weighted by molar-refractivity contribution is -0.146. The van der Waals surface area contributed by atoms with Crippen molar-refractivity contribution < 1.29 is 14.3 Å². The SMILES string of the molecule is CCOC(=O)[C@@H]1C(C)=NC2=C(C(=O)CC(C)(C)C2)[C@H]1c1ccc(CC)cc1. The fourth-order valence-electron chi connectivity index (χ4n) is 4.30. The summed E-state index contributed by atoms with van der Waals surface area (Å²) in [4.78, 5) is 30.6. The molecule has 1 aromatic carbocycles. The Labute approximate surface area is 161 Å². The minimum atomic E-state index is -0.540. The first-order valence-electron chi connectivity index (χ1n) is 9.84. The molecule has 0 fully saturated rings. The van der Waals surface area contributed by atoms with E-state index in [-0.39, 0.29) is 23.1 Å². The maximum absolute atomic E-state index is 13.1. The molecule has 144 valence electrons. The normalized spacial score (nSPS) is 24.3. The first-order chi connectivity index (χ1) is 12.8. The number of carbonyl (C=O) groups excluding carboxylic acids is 2. The van der Waals surface area contributed by atoms with Gasteiger partial charge in [0.05, 0.1) is 6.61 Å². The van der Waals surface area contributed by atoms with Gasteiger partial charge >= 0.3 is 5.97 Å². The maximum Gasteiger partial charge on any atom is 0.315 e. The minimum absolute atomic E-state index is 0.104. The Morgan fingerprint density at radius 2 is 1.85 bits per heavy atom. The molecule has 0 aromatic heterocycles. The topological polar surface area (TPSA) is 55.7 Å². The second kappa shape index (κ2) is 7.41. The summed E-state index contributed by atoms with van der Waals surface area (Å²) in [6, 6.07) is 8.25. The van der Waals surface area contributed by atoms with Gasteiger partial charge in [0.1, 0.15) is 5.92 Å². The number of esters is 1. The molecule has 0 unspecified atom stereocenters. The van der Waals surface area contributed by atoms with E-state index in [1.54, 1.807) is 6.92 Å². The average Bonchev–Trinajstić information content (AvgIpc) is 2.59. The zero-order chi connectivity index (χ0) is 19.8. The van der Waals surface area contributed by atoms with E-state index in [1.165, 1.54) is 5.56 Å². The molecule has 2 aliphatic rings. The van der Waals surface area contributed by atoms with E-state index in [4.69, 9.17) is 9.73 Å². The van der Waals surface area contributed by atoms with Gasteiger partial charge in [-0.3, -0.25) is 14.6 Å². The number of ketones is 1. The summed E-state index contributed by atoms with van der Waals surface area (Å²) < 4.78 is 5.35. The molecular weight excluding hydrogens is 338 g/mol. The molecule has 0 bridgehead atoms. The van der Waals surface area contributed by atoms with E-state index in [0.717, 1.165) is 29.8 Å². The molecule has 2 atom stereocenters. The van der Waals surface area contributed by atoms with Crippen LogP contribution in [0.25, 0.3) is 0 Å². The molecule has 27 heavy (non-hydrogen) atoms. The first kappa shape index (κ1) is 19.5. The van der Waals surface area contributed by atoms with Crippen LogP contribution in [0.3, 0.4) is 0 Å². The fourth-order valence-corrected chi connectivity index (χ4v) is 4.30. The zero-order valence-electron chi connectivity index (χ0n) is 17.0. The monoisotopic (exact) mass is 367 g/mol. The highest BCUT2D eigenvalue weighted by Crippen LogP contribution is 2.47. The molecule has 4 nitrogen and oxygen atoms in total. The Kier molecular flexibility index (Phi) is 5.36. The van der Waals surface area contributed by atoms with Crippen molar-refractivity contribution in [1.82, 2.24) is 0 Å². The highest BCUT2D eigenvalue weighted by Gasteiger charge is 2.45. The molecular formula is C23H29NO3. The third kappa shape index (κ3) is 3.76. The van der Waals surface area contributed by atoms with E-state index < -0.39 is 5.92 Å². The van der Waals surface area contributed by atoms with Crippen LogP contribution in [0.4, 0.5) is 0 Å². The summed E-state index contributed by atoms with van der Waals surface area (Å²) in [6.07, 6.45) is 2.19. The summed E-state index contributed by atoms with van der Waals surface area (Å²) in [6.45, 7) is 10.3. The second-order valence-electron chi connectivity index (χ2n) is 8.36. The Bertz CT molecular complexity index is 815. The van der Waals surface area contributed by atoms with Gasteiger partial charge in [0.25, 0.3) is 0 Å². The quantitative estimate of drug-likeness (QED) is 0.729. The number of hydrogen-bond acceptors (Lipinski definition) is 4. The highest BCUT2D eigenvalue weighted by atomic mass is 16.5. The van der Waals surface area contributed by atoms with E-state index in [0.29, 0.717) is 18.6 Å². The van der Waals surface area contributed by atoms with Crippen LogP contribution in [-0.4, -0.2) is 24.1 Å². The third-order valence-electron chi connectivity index (χ3n) is 5.59. The lowest BCUT2D eigenvalue weighted by Crippen LogP contribution is -2.39. The molecule has 0 radical (unpaired) electrons. The number of nitrogens with zero attached hydrogens (tertiary/aromatic N) is 1. The highest BCUT2D eigenvalue weighted by molar-refractivity contribution is 6.09. The van der Waals surface area contributed by atoms with Gasteiger partial charge in [-0.15, -0.1) is 0 Å². The molecule has 1 aliphatic heterocycles. The van der Waals surface area contributed by atoms with Gasteiger partial charge < -0.3 is 4.74 Å². The van der Waals surface area contributed by atoms with Crippen molar-refractivity contribution in [2.45, 2.75) is 59.8 Å². The van der Waals surface area contributed by atoms with E-state index in [2.05, 4.69) is 32.9 Å². The predicted octanol–water partition coefficient (Wildman–Crippen LogP) is 4.63. The van der Waals surface area contributed by atoms with Crippen LogP contribution in [0.15, 0.2) is 40.5 Å². The van der Waals surface area contributed by atoms with Crippen molar-refractivity contribution in [3.05, 3.63) is 46.7 Å². The molecule has 0 amide bonds. The van der Waals surface area contributed by atoms with Crippen molar-refractivity contribution in [1.29, 1.82) is 0 Å². The van der Waals surface area contributed by atoms with Crippen LogP contribution in [0.1, 0.15) is 64.5 Å². The maximum atomic E-state index is 13.1. The van der Waals surface area contributed by atoms with Crippen molar-refractivity contribution in [2.75, 3.05) is 6.61 Å². The molecule has 1 aliphatic carbocycles. The molecule has 0 saturated heterocycles. The van der Waals surface area contributed by atoms with Gasteiger partial charge in [-0.1, -0.05) is 45.0 Å². The Balaban J connectivity index is 2.14. The van der Waals surface area contributed by atoms with Crippen molar-refractivity contribution in [3.63, 3.8) is 0 Å². The van der Waals surface area contributed by atoms with E-state index >= 15 is 0 Å². The number of allylic oxidation sites excluding steroid dienone is 2. The predicted molar refractivity (Wildman–Crippen MR) is 107 cm³/mol. The van der Waals surface area contributed by atoms with Crippen LogP contribution >= 0.6 is 0 Å². The second-order valence-corrected chi connectivity index (χ2v) is 8.36.